The van der Waals surface area contributed by atoms with E-state index in [1.165, 1.54) is 17.5 Å². The first kappa shape index (κ1) is 12.4. The molecule has 0 aliphatic rings. The maximum Gasteiger partial charge on any atom is 0.261 e. The van der Waals surface area contributed by atoms with Gasteiger partial charge < -0.3 is 15.6 Å². The smallest absolute Gasteiger partial charge is 0.261 e. The van der Waals surface area contributed by atoms with Crippen molar-refractivity contribution in [3.63, 3.8) is 0 Å². The van der Waals surface area contributed by atoms with Crippen molar-refractivity contribution in [1.29, 1.82) is 0 Å². The van der Waals surface area contributed by atoms with E-state index in [-0.39, 0.29) is 5.91 Å². The number of hydrogen-bond acceptors (Lipinski definition) is 5. The van der Waals surface area contributed by atoms with Gasteiger partial charge in [0.1, 0.15) is 0 Å². The van der Waals surface area contributed by atoms with E-state index >= 15 is 0 Å². The molecule has 5 nitrogen and oxygen atoms in total. The van der Waals surface area contributed by atoms with Crippen LogP contribution in [0, 0.1) is 11.8 Å². The maximum atomic E-state index is 11.8. The molecule has 0 saturated heterocycles. The summed E-state index contributed by atoms with van der Waals surface area (Å²) in [6, 6.07) is 5.24. The van der Waals surface area contributed by atoms with E-state index in [4.69, 9.17) is 10.3 Å². The molecule has 2 heterocycles. The minimum atomic E-state index is -0.155. The number of carbonyl (C=O) groups is 1. The Kier molecular flexibility index (Phi) is 4.12. The van der Waals surface area contributed by atoms with E-state index in [2.05, 4.69) is 22.3 Å². The van der Waals surface area contributed by atoms with Crippen LogP contribution >= 0.6 is 11.3 Å². The fraction of sp³-hybridized carbons (Fsp3) is 0.167. The molecule has 0 saturated carbocycles. The van der Waals surface area contributed by atoms with Gasteiger partial charge >= 0.3 is 0 Å². The third-order valence-corrected chi connectivity index (χ3v) is 3.06. The summed E-state index contributed by atoms with van der Waals surface area (Å²) in [5.41, 5.74) is 5.28. The average molecular weight is 261 g/mol. The minimum Gasteiger partial charge on any atom is -0.360 e. The van der Waals surface area contributed by atoms with E-state index < -0.39 is 0 Å². The molecule has 2 aromatic rings. The van der Waals surface area contributed by atoms with Gasteiger partial charge in [-0.05, 0) is 12.1 Å². The van der Waals surface area contributed by atoms with Crippen molar-refractivity contribution in [2.45, 2.75) is 6.54 Å². The molecule has 0 spiro atoms. The third kappa shape index (κ3) is 3.20. The molecule has 0 bridgehead atoms. The highest BCUT2D eigenvalue weighted by molar-refractivity contribution is 7.14. The summed E-state index contributed by atoms with van der Waals surface area (Å²) < 4.78 is 4.88. The molecule has 0 aliphatic carbocycles. The summed E-state index contributed by atoms with van der Waals surface area (Å²) in [7, 11) is 0. The van der Waals surface area contributed by atoms with Crippen LogP contribution in [0.2, 0.25) is 0 Å². The second-order valence-electron chi connectivity index (χ2n) is 3.33. The summed E-state index contributed by atoms with van der Waals surface area (Å²) in [6.45, 7) is 0.630. The van der Waals surface area contributed by atoms with Gasteiger partial charge in [-0.25, -0.2) is 0 Å². The molecule has 0 unspecified atom stereocenters. The fourth-order valence-corrected chi connectivity index (χ4v) is 2.05. The van der Waals surface area contributed by atoms with Gasteiger partial charge in [-0.1, -0.05) is 17.0 Å². The summed E-state index contributed by atoms with van der Waals surface area (Å²) in [5, 5.41) is 6.29. The number of nitrogens with two attached hydrogens (primary N) is 1. The number of thiophene rings is 1. The Hall–Kier alpha value is -2.10. The van der Waals surface area contributed by atoms with Gasteiger partial charge in [-0.15, -0.1) is 11.3 Å². The molecule has 92 valence electrons. The number of carbonyl (C=O) groups excluding carboxylic acids is 1. The Labute approximate surface area is 108 Å². The first-order chi connectivity index (χ1) is 8.79. The predicted octanol–water partition coefficient (Wildman–Crippen LogP) is 0.976. The molecule has 2 aromatic heterocycles. The molecule has 0 fully saturated rings. The number of hydrogen-bond donors (Lipinski definition) is 2. The zero-order chi connectivity index (χ0) is 12.8. The second-order valence-corrected chi connectivity index (χ2v) is 4.41. The van der Waals surface area contributed by atoms with Crippen molar-refractivity contribution in [3.05, 3.63) is 39.9 Å². The van der Waals surface area contributed by atoms with Crippen LogP contribution in [0.4, 0.5) is 0 Å². The van der Waals surface area contributed by atoms with Gasteiger partial charge in [0, 0.05) is 6.07 Å². The minimum absolute atomic E-state index is 0.155. The van der Waals surface area contributed by atoms with Gasteiger partial charge in [0.05, 0.1) is 29.0 Å². The van der Waals surface area contributed by atoms with E-state index in [9.17, 15) is 4.79 Å². The molecule has 0 radical (unpaired) electrons. The topological polar surface area (TPSA) is 81.2 Å². The zero-order valence-electron chi connectivity index (χ0n) is 9.47. The second kappa shape index (κ2) is 6.00. The van der Waals surface area contributed by atoms with E-state index in [0.29, 0.717) is 23.7 Å². The number of amides is 1. The molecule has 0 aliphatic heterocycles. The predicted molar refractivity (Wildman–Crippen MR) is 67.9 cm³/mol. The molecular formula is C12H11N3O2S. The van der Waals surface area contributed by atoms with E-state index in [1.807, 2.05) is 0 Å². The molecule has 18 heavy (non-hydrogen) atoms. The van der Waals surface area contributed by atoms with Crippen LogP contribution in [0.25, 0.3) is 0 Å². The average Bonchev–Trinajstić information content (AvgIpc) is 3.04. The summed E-state index contributed by atoms with van der Waals surface area (Å²) >= 11 is 1.33. The maximum absolute atomic E-state index is 11.8. The Morgan fingerprint density at radius 2 is 2.39 bits per heavy atom. The van der Waals surface area contributed by atoms with Crippen molar-refractivity contribution in [2.24, 2.45) is 5.73 Å². The number of nitrogens with one attached hydrogen (secondary N) is 1. The van der Waals surface area contributed by atoms with Crippen molar-refractivity contribution in [3.8, 4) is 11.8 Å². The lowest BCUT2D eigenvalue weighted by Crippen LogP contribution is -2.21. The number of rotatable bonds is 3. The van der Waals surface area contributed by atoms with Crippen molar-refractivity contribution in [2.75, 3.05) is 6.54 Å². The summed E-state index contributed by atoms with van der Waals surface area (Å²) in [4.78, 5) is 13.2. The number of aromatic nitrogens is 1. The highest BCUT2D eigenvalue weighted by Gasteiger charge is 2.08. The summed E-state index contributed by atoms with van der Waals surface area (Å²) in [6.07, 6.45) is 1.53. The van der Waals surface area contributed by atoms with Crippen LogP contribution in [0.1, 0.15) is 20.3 Å². The van der Waals surface area contributed by atoms with Crippen LogP contribution in [-0.2, 0) is 6.54 Å². The Balaban J connectivity index is 1.94. The molecule has 0 aromatic carbocycles. The van der Waals surface area contributed by atoms with Crippen LogP contribution < -0.4 is 11.1 Å². The van der Waals surface area contributed by atoms with Gasteiger partial charge in [0.2, 0.25) is 0 Å². The van der Waals surface area contributed by atoms with Crippen molar-refractivity contribution < 1.29 is 9.32 Å². The Morgan fingerprint density at radius 3 is 3.11 bits per heavy atom. The first-order valence-corrected chi connectivity index (χ1v) is 6.08. The lowest BCUT2D eigenvalue weighted by atomic mass is 10.4. The van der Waals surface area contributed by atoms with Crippen LogP contribution in [0.3, 0.4) is 0 Å². The Morgan fingerprint density at radius 1 is 1.50 bits per heavy atom. The van der Waals surface area contributed by atoms with Crippen LogP contribution in [0.5, 0.6) is 0 Å². The van der Waals surface area contributed by atoms with Crippen molar-refractivity contribution >= 4 is 17.2 Å². The van der Waals surface area contributed by atoms with E-state index in [0.717, 1.165) is 4.88 Å². The largest absolute Gasteiger partial charge is 0.360 e. The monoisotopic (exact) mass is 261 g/mol. The van der Waals surface area contributed by atoms with Gasteiger partial charge in [-0.3, -0.25) is 4.79 Å². The molecule has 3 N–H and O–H groups in total. The third-order valence-electron chi connectivity index (χ3n) is 2.06. The fourth-order valence-electron chi connectivity index (χ4n) is 1.25. The Bertz CT molecular complexity index is 578. The van der Waals surface area contributed by atoms with Crippen LogP contribution in [0.15, 0.2) is 28.9 Å². The highest BCUT2D eigenvalue weighted by atomic mass is 32.1. The zero-order valence-corrected chi connectivity index (χ0v) is 10.3. The standard InChI is InChI=1S/C12H11N3O2S/c13-6-1-2-10-3-4-11(18-10)12(16)14-8-9-5-7-15-17-9/h3-5,7H,6,8,13H2,(H,14,16). The molecule has 1 amide bonds. The SMILES string of the molecule is NCC#Cc1ccc(C(=O)NCc2ccno2)s1. The summed E-state index contributed by atoms with van der Waals surface area (Å²) in [5.74, 6) is 6.09. The number of nitrogens with zero attached hydrogens (tertiary/aromatic N) is 1. The molecule has 2 rings (SSSR count). The highest BCUT2D eigenvalue weighted by Crippen LogP contribution is 2.15. The lowest BCUT2D eigenvalue weighted by Gasteiger charge is -1.99. The van der Waals surface area contributed by atoms with Gasteiger partial charge in [0.25, 0.3) is 5.91 Å². The first-order valence-electron chi connectivity index (χ1n) is 5.26. The molecule has 0 atom stereocenters. The quantitative estimate of drug-likeness (QED) is 0.807. The lowest BCUT2D eigenvalue weighted by molar-refractivity contribution is 0.0951. The van der Waals surface area contributed by atoms with Crippen LogP contribution in [-0.4, -0.2) is 17.6 Å². The normalized spacial score (nSPS) is 9.61. The van der Waals surface area contributed by atoms with Gasteiger partial charge in [0.15, 0.2) is 5.76 Å². The molecular weight excluding hydrogens is 250 g/mol. The molecule has 6 heteroatoms. The van der Waals surface area contributed by atoms with Crippen molar-refractivity contribution in [1.82, 2.24) is 10.5 Å². The van der Waals surface area contributed by atoms with Gasteiger partial charge in [-0.2, -0.15) is 0 Å². The van der Waals surface area contributed by atoms with E-state index in [1.54, 1.807) is 18.2 Å².